The summed E-state index contributed by atoms with van der Waals surface area (Å²) in [5, 5.41) is 3.39. The molecule has 0 aromatic heterocycles. The SMILES string of the molecule is CCS(=O)C(c1ccccc1)C(Cc1ccccc1)NC. The van der Waals surface area contributed by atoms with Gasteiger partial charge in [-0.3, -0.25) is 4.21 Å². The lowest BCUT2D eigenvalue weighted by Gasteiger charge is -2.26. The van der Waals surface area contributed by atoms with Crippen LogP contribution in [-0.2, 0) is 17.2 Å². The van der Waals surface area contributed by atoms with Gasteiger partial charge < -0.3 is 5.32 Å². The predicted molar refractivity (Wildman–Crippen MR) is 90.9 cm³/mol. The minimum absolute atomic E-state index is 0.0152. The minimum Gasteiger partial charge on any atom is -0.315 e. The molecule has 3 heteroatoms. The Kier molecular flexibility index (Phi) is 6.15. The Labute approximate surface area is 130 Å². The third-order valence-corrected chi connectivity index (χ3v) is 5.47. The van der Waals surface area contributed by atoms with Gasteiger partial charge >= 0.3 is 0 Å². The molecule has 3 atom stereocenters. The van der Waals surface area contributed by atoms with Crippen LogP contribution in [0.1, 0.15) is 23.3 Å². The molecule has 2 aromatic rings. The number of likely N-dealkylation sites (N-methyl/N-ethyl adjacent to an activating group) is 1. The first-order valence-electron chi connectivity index (χ1n) is 7.39. The molecule has 1 N–H and O–H groups in total. The fourth-order valence-corrected chi connectivity index (χ4v) is 4.04. The highest BCUT2D eigenvalue weighted by atomic mass is 32.2. The van der Waals surface area contributed by atoms with Gasteiger partial charge in [0.1, 0.15) is 0 Å². The third-order valence-electron chi connectivity index (χ3n) is 3.73. The number of hydrogen-bond donors (Lipinski definition) is 1. The van der Waals surface area contributed by atoms with Crippen molar-refractivity contribution in [3.63, 3.8) is 0 Å². The second-order valence-corrected chi connectivity index (χ2v) is 6.93. The highest BCUT2D eigenvalue weighted by molar-refractivity contribution is 7.85. The molecule has 2 aromatic carbocycles. The average molecular weight is 301 g/mol. The zero-order valence-electron chi connectivity index (χ0n) is 12.7. The molecule has 0 heterocycles. The van der Waals surface area contributed by atoms with Gasteiger partial charge in [0, 0.05) is 22.6 Å². The largest absolute Gasteiger partial charge is 0.315 e. The topological polar surface area (TPSA) is 29.1 Å². The van der Waals surface area contributed by atoms with Gasteiger partial charge in [-0.05, 0) is 24.6 Å². The van der Waals surface area contributed by atoms with E-state index in [1.165, 1.54) is 5.56 Å². The van der Waals surface area contributed by atoms with Gasteiger partial charge in [0.25, 0.3) is 0 Å². The van der Waals surface area contributed by atoms with E-state index in [9.17, 15) is 4.21 Å². The van der Waals surface area contributed by atoms with Gasteiger partial charge in [-0.1, -0.05) is 67.6 Å². The highest BCUT2D eigenvalue weighted by Gasteiger charge is 2.26. The number of hydrogen-bond acceptors (Lipinski definition) is 2. The first-order chi connectivity index (χ1) is 10.3. The highest BCUT2D eigenvalue weighted by Crippen LogP contribution is 2.26. The van der Waals surface area contributed by atoms with E-state index in [1.54, 1.807) is 0 Å². The molecule has 0 amide bonds. The van der Waals surface area contributed by atoms with Crippen molar-refractivity contribution in [1.29, 1.82) is 0 Å². The van der Waals surface area contributed by atoms with Gasteiger partial charge in [0.15, 0.2) is 0 Å². The molecule has 0 bridgehead atoms. The molecule has 0 spiro atoms. The molecule has 3 unspecified atom stereocenters. The molecular weight excluding hydrogens is 278 g/mol. The Hall–Kier alpha value is -1.45. The van der Waals surface area contributed by atoms with Crippen LogP contribution in [0.15, 0.2) is 60.7 Å². The molecule has 21 heavy (non-hydrogen) atoms. The van der Waals surface area contributed by atoms with Crippen LogP contribution in [0.5, 0.6) is 0 Å². The maximum absolute atomic E-state index is 12.6. The monoisotopic (exact) mass is 301 g/mol. The van der Waals surface area contributed by atoms with Crippen molar-refractivity contribution in [2.45, 2.75) is 24.6 Å². The zero-order valence-corrected chi connectivity index (χ0v) is 13.5. The van der Waals surface area contributed by atoms with Crippen molar-refractivity contribution in [1.82, 2.24) is 5.32 Å². The summed E-state index contributed by atoms with van der Waals surface area (Å²) in [5.74, 6) is 0.673. The first kappa shape index (κ1) is 15.9. The lowest BCUT2D eigenvalue weighted by molar-refractivity contribution is 0.534. The van der Waals surface area contributed by atoms with Crippen LogP contribution < -0.4 is 5.32 Å². The molecule has 2 rings (SSSR count). The van der Waals surface area contributed by atoms with E-state index in [0.717, 1.165) is 12.0 Å². The number of nitrogens with one attached hydrogen (secondary N) is 1. The van der Waals surface area contributed by atoms with Crippen molar-refractivity contribution in [3.05, 3.63) is 71.8 Å². The molecule has 0 aliphatic rings. The number of benzene rings is 2. The smallest absolute Gasteiger partial charge is 0.0753 e. The van der Waals surface area contributed by atoms with Crippen LogP contribution in [0.2, 0.25) is 0 Å². The summed E-state index contributed by atoms with van der Waals surface area (Å²) in [6.07, 6.45) is 0.878. The van der Waals surface area contributed by atoms with Crippen LogP contribution in [0.4, 0.5) is 0 Å². The Morgan fingerprint density at radius 1 is 1.00 bits per heavy atom. The quantitative estimate of drug-likeness (QED) is 0.850. The van der Waals surface area contributed by atoms with Crippen molar-refractivity contribution in [3.8, 4) is 0 Å². The van der Waals surface area contributed by atoms with Crippen molar-refractivity contribution >= 4 is 10.8 Å². The van der Waals surface area contributed by atoms with Crippen LogP contribution in [-0.4, -0.2) is 23.1 Å². The van der Waals surface area contributed by atoms with E-state index in [4.69, 9.17) is 0 Å². The fourth-order valence-electron chi connectivity index (χ4n) is 2.62. The van der Waals surface area contributed by atoms with Gasteiger partial charge in [0.2, 0.25) is 0 Å². The van der Waals surface area contributed by atoms with Gasteiger partial charge in [0.05, 0.1) is 5.25 Å². The third kappa shape index (κ3) is 4.26. The van der Waals surface area contributed by atoms with Crippen LogP contribution in [0.3, 0.4) is 0 Å². The second-order valence-electron chi connectivity index (χ2n) is 5.09. The molecular formula is C18H23NOS. The Bertz CT molecular complexity index is 556. The van der Waals surface area contributed by atoms with Crippen molar-refractivity contribution in [2.75, 3.05) is 12.8 Å². The molecule has 0 saturated heterocycles. The summed E-state index contributed by atoms with van der Waals surface area (Å²) >= 11 is 0. The lowest BCUT2D eigenvalue weighted by Crippen LogP contribution is -2.36. The molecule has 0 fully saturated rings. The molecule has 0 saturated carbocycles. The Balaban J connectivity index is 2.27. The van der Waals surface area contributed by atoms with Crippen molar-refractivity contribution < 1.29 is 4.21 Å². The predicted octanol–water partition coefficient (Wildman–Crippen LogP) is 3.33. The molecule has 0 aliphatic carbocycles. The molecule has 2 nitrogen and oxygen atoms in total. The summed E-state index contributed by atoms with van der Waals surface area (Å²) in [5.41, 5.74) is 2.42. The lowest BCUT2D eigenvalue weighted by atomic mass is 9.98. The molecule has 0 aliphatic heterocycles. The normalized spacial score (nSPS) is 15.3. The van der Waals surface area contributed by atoms with E-state index in [-0.39, 0.29) is 11.3 Å². The maximum atomic E-state index is 12.6. The summed E-state index contributed by atoms with van der Waals surface area (Å²) in [4.78, 5) is 0. The summed E-state index contributed by atoms with van der Waals surface area (Å²) in [6.45, 7) is 1.99. The fraction of sp³-hybridized carbons (Fsp3) is 0.333. The Morgan fingerprint density at radius 3 is 2.10 bits per heavy atom. The van der Waals surface area contributed by atoms with E-state index in [0.29, 0.717) is 5.75 Å². The van der Waals surface area contributed by atoms with Gasteiger partial charge in [-0.25, -0.2) is 0 Å². The van der Waals surface area contributed by atoms with E-state index in [1.807, 2.05) is 38.2 Å². The standard InChI is InChI=1S/C18H23NOS/c1-3-21(20)18(16-12-8-5-9-13-16)17(19-2)14-15-10-6-4-7-11-15/h4-13,17-19H,3,14H2,1-2H3. The van der Waals surface area contributed by atoms with Gasteiger partial charge in [-0.15, -0.1) is 0 Å². The van der Waals surface area contributed by atoms with Crippen LogP contribution in [0, 0.1) is 0 Å². The Morgan fingerprint density at radius 2 is 1.57 bits per heavy atom. The average Bonchev–Trinajstić information content (AvgIpc) is 2.56. The zero-order chi connectivity index (χ0) is 15.1. The summed E-state index contributed by atoms with van der Waals surface area (Å²) in [6, 6.07) is 20.7. The molecule has 112 valence electrons. The number of rotatable bonds is 7. The summed E-state index contributed by atoms with van der Waals surface area (Å²) < 4.78 is 12.6. The second kappa shape index (κ2) is 8.11. The minimum atomic E-state index is -0.882. The van der Waals surface area contributed by atoms with Crippen molar-refractivity contribution in [2.24, 2.45) is 0 Å². The van der Waals surface area contributed by atoms with E-state index in [2.05, 4.69) is 41.7 Å². The summed E-state index contributed by atoms with van der Waals surface area (Å²) in [7, 11) is 1.07. The van der Waals surface area contributed by atoms with Crippen LogP contribution >= 0.6 is 0 Å². The maximum Gasteiger partial charge on any atom is 0.0753 e. The first-order valence-corrected chi connectivity index (χ1v) is 8.77. The molecule has 0 radical (unpaired) electrons. The van der Waals surface area contributed by atoms with Gasteiger partial charge in [-0.2, -0.15) is 0 Å². The van der Waals surface area contributed by atoms with Crippen LogP contribution in [0.25, 0.3) is 0 Å². The van der Waals surface area contributed by atoms with E-state index >= 15 is 0 Å². The van der Waals surface area contributed by atoms with E-state index < -0.39 is 10.8 Å².